The standard InChI is InChI=1S/C15H23N3O2/c1-3-18(4-2)11-10-16-15(19)13-20-17-12-14-8-6-5-7-9-14/h5-9,12H,3-4,10-11,13H2,1-2H3,(H,16,19)/b17-12+. The summed E-state index contributed by atoms with van der Waals surface area (Å²) in [5.41, 5.74) is 0.939. The van der Waals surface area contributed by atoms with Crippen molar-refractivity contribution in [2.24, 2.45) is 5.16 Å². The lowest BCUT2D eigenvalue weighted by atomic mass is 10.2. The highest BCUT2D eigenvalue weighted by Crippen LogP contribution is 1.94. The Labute approximate surface area is 120 Å². The third-order valence-corrected chi connectivity index (χ3v) is 2.92. The Bertz CT molecular complexity index is 403. The molecular formula is C15H23N3O2. The third kappa shape index (κ3) is 6.89. The maximum absolute atomic E-state index is 11.5. The monoisotopic (exact) mass is 277 g/mol. The summed E-state index contributed by atoms with van der Waals surface area (Å²) in [6.45, 7) is 7.62. The number of nitrogens with zero attached hydrogens (tertiary/aromatic N) is 2. The van der Waals surface area contributed by atoms with Gasteiger partial charge in [-0.2, -0.15) is 0 Å². The van der Waals surface area contributed by atoms with E-state index >= 15 is 0 Å². The van der Waals surface area contributed by atoms with Crippen LogP contribution in [0.1, 0.15) is 19.4 Å². The van der Waals surface area contributed by atoms with Gasteiger partial charge in [-0.3, -0.25) is 4.79 Å². The van der Waals surface area contributed by atoms with Crippen LogP contribution in [-0.4, -0.2) is 49.8 Å². The van der Waals surface area contributed by atoms with Gasteiger partial charge in [0.1, 0.15) is 0 Å². The molecule has 0 bridgehead atoms. The maximum Gasteiger partial charge on any atom is 0.260 e. The van der Waals surface area contributed by atoms with E-state index in [2.05, 4.69) is 29.2 Å². The number of nitrogens with one attached hydrogen (secondary N) is 1. The minimum absolute atomic E-state index is 0.0540. The summed E-state index contributed by atoms with van der Waals surface area (Å²) in [7, 11) is 0. The van der Waals surface area contributed by atoms with Crippen molar-refractivity contribution < 1.29 is 9.63 Å². The van der Waals surface area contributed by atoms with Gasteiger partial charge in [-0.15, -0.1) is 0 Å². The Morgan fingerprint density at radius 3 is 2.65 bits per heavy atom. The van der Waals surface area contributed by atoms with Crippen LogP contribution in [0.2, 0.25) is 0 Å². The van der Waals surface area contributed by atoms with Crippen molar-refractivity contribution in [1.82, 2.24) is 10.2 Å². The summed E-state index contributed by atoms with van der Waals surface area (Å²) in [6, 6.07) is 9.60. The van der Waals surface area contributed by atoms with Gasteiger partial charge in [-0.1, -0.05) is 49.3 Å². The van der Waals surface area contributed by atoms with E-state index in [0.717, 1.165) is 25.2 Å². The van der Waals surface area contributed by atoms with E-state index in [0.29, 0.717) is 6.54 Å². The van der Waals surface area contributed by atoms with Crippen molar-refractivity contribution in [2.75, 3.05) is 32.8 Å². The van der Waals surface area contributed by atoms with Crippen LogP contribution >= 0.6 is 0 Å². The van der Waals surface area contributed by atoms with E-state index in [1.807, 2.05) is 30.3 Å². The summed E-state index contributed by atoms with van der Waals surface area (Å²) in [5.74, 6) is -0.151. The number of oxime groups is 1. The van der Waals surface area contributed by atoms with Crippen LogP contribution in [0.4, 0.5) is 0 Å². The number of amides is 1. The Balaban J connectivity index is 2.13. The summed E-state index contributed by atoms with van der Waals surface area (Å²) in [5, 5.41) is 6.56. The first-order valence-corrected chi connectivity index (χ1v) is 6.95. The van der Waals surface area contributed by atoms with Gasteiger partial charge in [0.25, 0.3) is 5.91 Å². The van der Waals surface area contributed by atoms with Gasteiger partial charge in [0, 0.05) is 13.1 Å². The molecule has 1 N–H and O–H groups in total. The predicted octanol–water partition coefficient (Wildman–Crippen LogP) is 1.50. The Hall–Kier alpha value is -1.88. The van der Waals surface area contributed by atoms with E-state index in [9.17, 15) is 4.79 Å². The van der Waals surface area contributed by atoms with Crippen molar-refractivity contribution in [3.63, 3.8) is 0 Å². The van der Waals surface area contributed by atoms with Gasteiger partial charge in [0.2, 0.25) is 0 Å². The van der Waals surface area contributed by atoms with E-state index in [-0.39, 0.29) is 12.5 Å². The Morgan fingerprint density at radius 2 is 2.00 bits per heavy atom. The van der Waals surface area contributed by atoms with Gasteiger partial charge in [-0.05, 0) is 18.7 Å². The lowest BCUT2D eigenvalue weighted by Crippen LogP contribution is -2.36. The molecule has 110 valence electrons. The molecule has 0 aliphatic carbocycles. The normalized spacial score (nSPS) is 10.9. The van der Waals surface area contributed by atoms with Crippen molar-refractivity contribution in [1.29, 1.82) is 0 Å². The number of hydrogen-bond acceptors (Lipinski definition) is 4. The molecule has 0 saturated heterocycles. The minimum Gasteiger partial charge on any atom is -0.386 e. The molecule has 0 aliphatic rings. The fraction of sp³-hybridized carbons (Fsp3) is 0.467. The van der Waals surface area contributed by atoms with Crippen LogP contribution in [0.15, 0.2) is 35.5 Å². The van der Waals surface area contributed by atoms with Gasteiger partial charge in [-0.25, -0.2) is 0 Å². The van der Waals surface area contributed by atoms with Crippen LogP contribution in [0.3, 0.4) is 0 Å². The van der Waals surface area contributed by atoms with Crippen LogP contribution in [-0.2, 0) is 9.63 Å². The first kappa shape index (κ1) is 16.2. The molecule has 1 rings (SSSR count). The number of benzene rings is 1. The Kier molecular flexibility index (Phi) is 8.07. The predicted molar refractivity (Wildman–Crippen MR) is 80.8 cm³/mol. The maximum atomic E-state index is 11.5. The molecule has 1 aromatic rings. The fourth-order valence-corrected chi connectivity index (χ4v) is 1.68. The quantitative estimate of drug-likeness (QED) is 0.549. The summed E-state index contributed by atoms with van der Waals surface area (Å²) in [6.07, 6.45) is 1.59. The first-order chi connectivity index (χ1) is 9.76. The van der Waals surface area contributed by atoms with Crippen LogP contribution < -0.4 is 5.32 Å². The smallest absolute Gasteiger partial charge is 0.260 e. The third-order valence-electron chi connectivity index (χ3n) is 2.92. The van der Waals surface area contributed by atoms with Gasteiger partial charge < -0.3 is 15.1 Å². The van der Waals surface area contributed by atoms with Gasteiger partial charge in [0.15, 0.2) is 6.61 Å². The molecule has 0 aromatic heterocycles. The number of likely N-dealkylation sites (N-methyl/N-ethyl adjacent to an activating group) is 1. The highest BCUT2D eigenvalue weighted by atomic mass is 16.6. The molecule has 0 radical (unpaired) electrons. The summed E-state index contributed by atoms with van der Waals surface area (Å²) >= 11 is 0. The highest BCUT2D eigenvalue weighted by Gasteiger charge is 2.02. The molecule has 0 unspecified atom stereocenters. The lowest BCUT2D eigenvalue weighted by Gasteiger charge is -2.17. The van der Waals surface area contributed by atoms with Crippen LogP contribution in [0.25, 0.3) is 0 Å². The highest BCUT2D eigenvalue weighted by molar-refractivity contribution is 5.79. The van der Waals surface area contributed by atoms with E-state index in [1.54, 1.807) is 6.21 Å². The zero-order valence-electron chi connectivity index (χ0n) is 12.2. The van der Waals surface area contributed by atoms with Gasteiger partial charge >= 0.3 is 0 Å². The minimum atomic E-state index is -0.151. The SMILES string of the molecule is CCN(CC)CCNC(=O)CO/N=C/c1ccccc1. The molecular weight excluding hydrogens is 254 g/mol. The fourth-order valence-electron chi connectivity index (χ4n) is 1.68. The summed E-state index contributed by atoms with van der Waals surface area (Å²) < 4.78 is 0. The molecule has 0 aliphatic heterocycles. The van der Waals surface area contributed by atoms with E-state index < -0.39 is 0 Å². The summed E-state index contributed by atoms with van der Waals surface area (Å²) in [4.78, 5) is 18.7. The number of rotatable bonds is 9. The van der Waals surface area contributed by atoms with Crippen molar-refractivity contribution in [2.45, 2.75) is 13.8 Å². The molecule has 0 spiro atoms. The topological polar surface area (TPSA) is 53.9 Å². The number of carbonyl (C=O) groups is 1. The second kappa shape index (κ2) is 9.97. The van der Waals surface area contributed by atoms with Crippen LogP contribution in [0, 0.1) is 0 Å². The Morgan fingerprint density at radius 1 is 1.30 bits per heavy atom. The lowest BCUT2D eigenvalue weighted by molar-refractivity contribution is -0.125. The molecule has 0 fully saturated rings. The molecule has 20 heavy (non-hydrogen) atoms. The molecule has 1 aromatic carbocycles. The number of hydrogen-bond donors (Lipinski definition) is 1. The molecule has 0 atom stereocenters. The largest absolute Gasteiger partial charge is 0.386 e. The van der Waals surface area contributed by atoms with Crippen molar-refractivity contribution in [3.05, 3.63) is 35.9 Å². The molecule has 1 amide bonds. The zero-order chi connectivity index (χ0) is 14.6. The van der Waals surface area contributed by atoms with Crippen molar-refractivity contribution >= 4 is 12.1 Å². The second-order valence-corrected chi connectivity index (χ2v) is 4.30. The van der Waals surface area contributed by atoms with E-state index in [1.165, 1.54) is 0 Å². The molecule has 5 nitrogen and oxygen atoms in total. The van der Waals surface area contributed by atoms with Crippen molar-refractivity contribution in [3.8, 4) is 0 Å². The van der Waals surface area contributed by atoms with Gasteiger partial charge in [0.05, 0.1) is 6.21 Å². The molecule has 5 heteroatoms. The zero-order valence-corrected chi connectivity index (χ0v) is 12.2. The van der Waals surface area contributed by atoms with Crippen LogP contribution in [0.5, 0.6) is 0 Å². The number of carbonyl (C=O) groups excluding carboxylic acids is 1. The average Bonchev–Trinajstić information content (AvgIpc) is 2.49. The average molecular weight is 277 g/mol. The second-order valence-electron chi connectivity index (χ2n) is 4.30. The first-order valence-electron chi connectivity index (χ1n) is 6.95. The molecule has 0 heterocycles. The molecule has 0 saturated carbocycles. The van der Waals surface area contributed by atoms with E-state index in [4.69, 9.17) is 4.84 Å².